The minimum Gasteiger partial charge on any atom is -0.505 e. The van der Waals surface area contributed by atoms with Crippen LogP contribution in [0.25, 0.3) is 0 Å². The van der Waals surface area contributed by atoms with E-state index in [4.69, 9.17) is 4.74 Å². The number of nitrogens with zero attached hydrogens (tertiary/aromatic N) is 1. The molecule has 1 amide bonds. The molecular formula is C25H34N2O5. The molecule has 2 N–H and O–H groups in total. The molecule has 7 heteroatoms. The second-order valence-corrected chi connectivity index (χ2v) is 8.73. The van der Waals surface area contributed by atoms with Gasteiger partial charge in [0.05, 0.1) is 5.69 Å². The third-order valence-corrected chi connectivity index (χ3v) is 4.80. The Balaban J connectivity index is 0.000000303. The molecule has 0 atom stereocenters. The highest BCUT2D eigenvalue weighted by atomic mass is 16.6. The van der Waals surface area contributed by atoms with Crippen molar-refractivity contribution in [2.75, 3.05) is 23.3 Å². The second kappa shape index (κ2) is 12.0. The van der Waals surface area contributed by atoms with Crippen molar-refractivity contribution >= 4 is 23.9 Å². The van der Waals surface area contributed by atoms with Crippen molar-refractivity contribution in [3.8, 4) is 5.75 Å². The molecule has 0 saturated carbocycles. The average molecular weight is 443 g/mol. The van der Waals surface area contributed by atoms with Crippen LogP contribution in [0.1, 0.15) is 51.2 Å². The predicted octanol–water partition coefficient (Wildman–Crippen LogP) is 5.40. The number of benzene rings is 2. The minimum absolute atomic E-state index is 0.0895. The Kier molecular flexibility index (Phi) is 9.38. The van der Waals surface area contributed by atoms with Gasteiger partial charge < -0.3 is 19.5 Å². The molecule has 1 saturated heterocycles. The van der Waals surface area contributed by atoms with Gasteiger partial charge in [-0.1, -0.05) is 30.3 Å². The summed E-state index contributed by atoms with van der Waals surface area (Å²) in [5.41, 5.74) is 2.61. The maximum atomic E-state index is 11.9. The summed E-state index contributed by atoms with van der Waals surface area (Å²) in [5.74, 6) is 0.0895. The van der Waals surface area contributed by atoms with Gasteiger partial charge in [0.1, 0.15) is 18.0 Å². The van der Waals surface area contributed by atoms with E-state index in [2.05, 4.69) is 15.0 Å². The van der Waals surface area contributed by atoms with Crippen LogP contribution in [0.3, 0.4) is 0 Å². The second-order valence-electron chi connectivity index (χ2n) is 8.73. The van der Waals surface area contributed by atoms with Gasteiger partial charge in [0.15, 0.2) is 0 Å². The zero-order valence-electron chi connectivity index (χ0n) is 19.4. The molecule has 32 heavy (non-hydrogen) atoms. The molecule has 3 rings (SSSR count). The van der Waals surface area contributed by atoms with Gasteiger partial charge in [0, 0.05) is 18.8 Å². The van der Waals surface area contributed by atoms with Gasteiger partial charge in [0.2, 0.25) is 0 Å². The molecule has 1 aliphatic heterocycles. The Morgan fingerprint density at radius 3 is 2.38 bits per heavy atom. The molecule has 0 unspecified atom stereocenters. The number of hydrogen-bond acceptors (Lipinski definition) is 6. The number of nitrogens with one attached hydrogen (secondary N) is 1. The van der Waals surface area contributed by atoms with E-state index in [1.165, 1.54) is 19.3 Å². The Bertz CT molecular complexity index is 872. The summed E-state index contributed by atoms with van der Waals surface area (Å²) >= 11 is 0. The van der Waals surface area contributed by atoms with Gasteiger partial charge >= 0.3 is 6.09 Å². The van der Waals surface area contributed by atoms with Crippen molar-refractivity contribution in [1.82, 2.24) is 0 Å². The molecule has 1 heterocycles. The summed E-state index contributed by atoms with van der Waals surface area (Å²) in [6.45, 7) is 10.1. The smallest absolute Gasteiger partial charge is 0.412 e. The topological polar surface area (TPSA) is 88.1 Å². The van der Waals surface area contributed by atoms with Gasteiger partial charge in [-0.05, 0) is 70.2 Å². The van der Waals surface area contributed by atoms with Crippen LogP contribution in [0.5, 0.6) is 5.75 Å². The summed E-state index contributed by atoms with van der Waals surface area (Å²) in [6, 6.07) is 13.3. The van der Waals surface area contributed by atoms with E-state index in [0.29, 0.717) is 18.8 Å². The lowest BCUT2D eigenvalue weighted by Gasteiger charge is -2.29. The lowest BCUT2D eigenvalue weighted by atomic mass is 10.1. The first-order valence-electron chi connectivity index (χ1n) is 10.9. The zero-order valence-corrected chi connectivity index (χ0v) is 19.4. The fraction of sp³-hybridized carbons (Fsp3) is 0.440. The van der Waals surface area contributed by atoms with Crippen LogP contribution in [0.2, 0.25) is 0 Å². The van der Waals surface area contributed by atoms with Gasteiger partial charge in [-0.2, -0.15) is 0 Å². The van der Waals surface area contributed by atoms with Crippen molar-refractivity contribution in [3.63, 3.8) is 0 Å². The van der Waals surface area contributed by atoms with Crippen molar-refractivity contribution in [3.05, 3.63) is 53.6 Å². The monoisotopic (exact) mass is 442 g/mol. The molecule has 0 radical (unpaired) electrons. The number of phenols is 1. The molecule has 174 valence electrons. The lowest BCUT2D eigenvalue weighted by molar-refractivity contribution is -0.129. The number of piperidine rings is 1. The van der Waals surface area contributed by atoms with Crippen molar-refractivity contribution in [1.29, 1.82) is 0 Å². The van der Waals surface area contributed by atoms with Crippen LogP contribution < -0.4 is 10.2 Å². The predicted molar refractivity (Wildman–Crippen MR) is 126 cm³/mol. The first-order chi connectivity index (χ1) is 15.2. The number of phenolic OH excluding ortho intramolecular Hbond substituents is 1. The van der Waals surface area contributed by atoms with Crippen molar-refractivity contribution < 1.29 is 24.2 Å². The standard InChI is InChI=1S/C17H26N2O3.C8H8O2/c1-12-10-13(19-8-6-5-7-9-19)11-14(15(12)20)18-16(21)22-17(2,3)4;9-7-10-6-8-4-2-1-3-5-8/h10-11,20H,5-9H2,1-4H3,(H,18,21);1-5,7H,6H2. The molecule has 0 aromatic heterocycles. The SMILES string of the molecule is Cc1cc(N2CCCCC2)cc(NC(=O)OC(C)(C)C)c1O.O=COCc1ccccc1. The van der Waals surface area contributed by atoms with Crippen molar-refractivity contribution in [2.45, 2.75) is 59.2 Å². The Morgan fingerprint density at radius 2 is 1.78 bits per heavy atom. The van der Waals surface area contributed by atoms with Crippen LogP contribution in [0, 0.1) is 6.92 Å². The van der Waals surface area contributed by atoms with E-state index < -0.39 is 11.7 Å². The third kappa shape index (κ3) is 8.49. The summed E-state index contributed by atoms with van der Waals surface area (Å²) < 4.78 is 9.79. The molecule has 0 aliphatic carbocycles. The van der Waals surface area contributed by atoms with Crippen LogP contribution in [-0.2, 0) is 20.9 Å². The summed E-state index contributed by atoms with van der Waals surface area (Å²) in [6.07, 6.45) is 3.05. The average Bonchev–Trinajstić information content (AvgIpc) is 2.76. The number of ether oxygens (including phenoxy) is 2. The molecule has 0 spiro atoms. The first-order valence-corrected chi connectivity index (χ1v) is 10.9. The van der Waals surface area contributed by atoms with E-state index in [1.807, 2.05) is 70.2 Å². The number of carbonyl (C=O) groups excluding carboxylic acids is 2. The Morgan fingerprint density at radius 1 is 1.12 bits per heavy atom. The van der Waals surface area contributed by atoms with E-state index >= 15 is 0 Å². The number of rotatable bonds is 5. The van der Waals surface area contributed by atoms with Gasteiger partial charge in [-0.3, -0.25) is 10.1 Å². The maximum absolute atomic E-state index is 11.9. The first kappa shape index (κ1) is 25.0. The number of anilines is 2. The van der Waals surface area contributed by atoms with Crippen LogP contribution in [-0.4, -0.2) is 36.4 Å². The minimum atomic E-state index is -0.570. The van der Waals surface area contributed by atoms with E-state index in [-0.39, 0.29) is 5.75 Å². The van der Waals surface area contributed by atoms with E-state index in [0.717, 1.165) is 29.9 Å². The molecule has 2 aromatic carbocycles. The fourth-order valence-corrected chi connectivity index (χ4v) is 3.31. The van der Waals surface area contributed by atoms with Crippen molar-refractivity contribution in [2.24, 2.45) is 0 Å². The zero-order chi connectivity index (χ0) is 23.6. The number of carbonyl (C=O) groups is 2. The summed E-state index contributed by atoms with van der Waals surface area (Å²) in [7, 11) is 0. The molecular weight excluding hydrogens is 408 g/mol. The largest absolute Gasteiger partial charge is 0.505 e. The number of amides is 1. The molecule has 1 aliphatic rings. The van der Waals surface area contributed by atoms with E-state index in [9.17, 15) is 14.7 Å². The highest BCUT2D eigenvalue weighted by molar-refractivity contribution is 5.88. The molecule has 7 nitrogen and oxygen atoms in total. The normalized spacial score (nSPS) is 13.4. The number of aryl methyl sites for hydroxylation is 1. The lowest BCUT2D eigenvalue weighted by Crippen LogP contribution is -2.30. The summed E-state index contributed by atoms with van der Waals surface area (Å²) in [5, 5.41) is 12.8. The van der Waals surface area contributed by atoms with Gasteiger partial charge in [0.25, 0.3) is 6.47 Å². The van der Waals surface area contributed by atoms with E-state index in [1.54, 1.807) is 0 Å². The Hall–Kier alpha value is -3.22. The van der Waals surface area contributed by atoms with Crippen LogP contribution >= 0.6 is 0 Å². The van der Waals surface area contributed by atoms with Gasteiger partial charge in [-0.15, -0.1) is 0 Å². The Labute approximate surface area is 190 Å². The summed E-state index contributed by atoms with van der Waals surface area (Å²) in [4.78, 5) is 24.0. The van der Waals surface area contributed by atoms with Crippen LogP contribution in [0.4, 0.5) is 16.2 Å². The highest BCUT2D eigenvalue weighted by Crippen LogP contribution is 2.34. The molecule has 0 bridgehead atoms. The molecule has 2 aromatic rings. The van der Waals surface area contributed by atoms with Crippen LogP contribution in [0.15, 0.2) is 42.5 Å². The highest BCUT2D eigenvalue weighted by Gasteiger charge is 2.19. The quantitative estimate of drug-likeness (QED) is 0.476. The third-order valence-electron chi connectivity index (χ3n) is 4.80. The molecule has 1 fully saturated rings. The van der Waals surface area contributed by atoms with Gasteiger partial charge in [-0.25, -0.2) is 4.79 Å². The number of hydrogen-bond donors (Lipinski definition) is 2. The fourth-order valence-electron chi connectivity index (χ4n) is 3.31. The number of aromatic hydroxyl groups is 1. The maximum Gasteiger partial charge on any atom is 0.412 e.